The van der Waals surface area contributed by atoms with Crippen molar-refractivity contribution in [1.82, 2.24) is 0 Å². The molecule has 0 radical (unpaired) electrons. The Morgan fingerprint density at radius 2 is 0.540 bits per heavy atom. The topological polar surface area (TPSA) is 108 Å². The van der Waals surface area contributed by atoms with Gasteiger partial charge < -0.3 is 18.9 Å². The van der Waals surface area contributed by atoms with Gasteiger partial charge in [0.15, 0.2) is 6.10 Å². The lowest BCUT2D eigenvalue weighted by Gasteiger charge is -2.24. The van der Waals surface area contributed by atoms with E-state index in [2.05, 4.69) is 220 Å². The maximum Gasteiger partial charge on any atom is 0.472 e. The number of hydrogen-bond donors (Lipinski definition) is 1. The predicted molar refractivity (Wildman–Crippen MR) is 435 cm³/mol. The van der Waals surface area contributed by atoms with Crippen molar-refractivity contribution < 1.29 is 42.1 Å². The van der Waals surface area contributed by atoms with Gasteiger partial charge in [0.05, 0.1) is 27.7 Å². The molecule has 0 aliphatic heterocycles. The van der Waals surface area contributed by atoms with E-state index in [0.29, 0.717) is 17.4 Å². The van der Waals surface area contributed by atoms with Crippen LogP contribution in [0.4, 0.5) is 0 Å². The van der Waals surface area contributed by atoms with Gasteiger partial charge in [-0.3, -0.25) is 18.6 Å². The van der Waals surface area contributed by atoms with Crippen LogP contribution < -0.4 is 0 Å². The van der Waals surface area contributed by atoms with Crippen molar-refractivity contribution in [3.8, 4) is 0 Å². The first-order chi connectivity index (χ1) is 49.0. The Bertz CT molecular complexity index is 2450. The van der Waals surface area contributed by atoms with Crippen LogP contribution in [0.5, 0.6) is 0 Å². The number of quaternary nitrogens is 1. The lowest BCUT2D eigenvalue weighted by molar-refractivity contribution is -0.870. The molecule has 0 saturated carbocycles. The average Bonchev–Trinajstić information content (AvgIpc) is 1.65. The van der Waals surface area contributed by atoms with Crippen LogP contribution in [0.3, 0.4) is 0 Å². The zero-order chi connectivity index (χ0) is 72.5. The average molecular weight is 1400 g/mol. The number of ether oxygens (including phenoxy) is 2. The van der Waals surface area contributed by atoms with Crippen LogP contribution in [-0.4, -0.2) is 74.9 Å². The minimum atomic E-state index is -4.42. The van der Waals surface area contributed by atoms with E-state index in [1.165, 1.54) is 109 Å². The predicted octanol–water partition coefficient (Wildman–Crippen LogP) is 26.9. The Labute approximate surface area is 615 Å². The fourth-order valence-electron chi connectivity index (χ4n) is 10.3. The molecule has 2 atom stereocenters. The highest BCUT2D eigenvalue weighted by Crippen LogP contribution is 2.43. The molecule has 0 aliphatic rings. The third-order valence-electron chi connectivity index (χ3n) is 16.3. The molecule has 0 aromatic carbocycles. The number of carbonyl (C=O) groups is 2. The summed E-state index contributed by atoms with van der Waals surface area (Å²) in [5.74, 6) is -0.832. The minimum absolute atomic E-state index is 0.0172. The Morgan fingerprint density at radius 1 is 0.310 bits per heavy atom. The molecular formula is C90H147NO8P+. The van der Waals surface area contributed by atoms with Gasteiger partial charge in [0.2, 0.25) is 0 Å². The number of phosphoric acid groups is 1. The van der Waals surface area contributed by atoms with E-state index in [4.69, 9.17) is 18.5 Å². The van der Waals surface area contributed by atoms with Gasteiger partial charge in [0.1, 0.15) is 19.8 Å². The minimum Gasteiger partial charge on any atom is -0.462 e. The van der Waals surface area contributed by atoms with Crippen LogP contribution >= 0.6 is 7.82 Å². The van der Waals surface area contributed by atoms with E-state index in [9.17, 15) is 19.0 Å². The van der Waals surface area contributed by atoms with Crippen molar-refractivity contribution in [1.29, 1.82) is 0 Å². The van der Waals surface area contributed by atoms with Gasteiger partial charge in [-0.1, -0.05) is 342 Å². The molecule has 9 nitrogen and oxygen atoms in total. The smallest absolute Gasteiger partial charge is 0.462 e. The number of carbonyl (C=O) groups excluding carboxylic acids is 2. The van der Waals surface area contributed by atoms with Gasteiger partial charge in [0, 0.05) is 12.8 Å². The highest BCUT2D eigenvalue weighted by atomic mass is 31.2. The highest BCUT2D eigenvalue weighted by Gasteiger charge is 2.27. The molecule has 0 aromatic rings. The first-order valence-corrected chi connectivity index (χ1v) is 41.3. The molecule has 0 heterocycles. The number of phosphoric ester groups is 1. The maximum atomic E-state index is 12.9. The lowest BCUT2D eigenvalue weighted by atomic mass is 10.0. The summed E-state index contributed by atoms with van der Waals surface area (Å²) in [5, 5.41) is 0. The normalized spacial score (nSPS) is 14.2. The van der Waals surface area contributed by atoms with Crippen LogP contribution in [0, 0.1) is 0 Å². The number of allylic oxidation sites excluding steroid dienone is 34. The largest absolute Gasteiger partial charge is 0.472 e. The Balaban J connectivity index is 4.07. The molecule has 0 fully saturated rings. The van der Waals surface area contributed by atoms with E-state index in [0.717, 1.165) is 154 Å². The number of esters is 2. The van der Waals surface area contributed by atoms with Crippen LogP contribution in [-0.2, 0) is 32.7 Å². The van der Waals surface area contributed by atoms with Crippen molar-refractivity contribution in [2.45, 2.75) is 302 Å². The molecule has 0 amide bonds. The summed E-state index contributed by atoms with van der Waals surface area (Å²) in [4.78, 5) is 36.0. The zero-order valence-corrected chi connectivity index (χ0v) is 65.2. The molecule has 100 heavy (non-hydrogen) atoms. The van der Waals surface area contributed by atoms with Gasteiger partial charge in [-0.2, -0.15) is 0 Å². The first-order valence-electron chi connectivity index (χ1n) is 39.8. The summed E-state index contributed by atoms with van der Waals surface area (Å²) in [5.41, 5.74) is 0. The number of nitrogens with zero attached hydrogens (tertiary/aromatic N) is 1. The molecule has 0 aliphatic carbocycles. The van der Waals surface area contributed by atoms with Crippen LogP contribution in [0.1, 0.15) is 296 Å². The van der Waals surface area contributed by atoms with Crippen molar-refractivity contribution in [2.24, 2.45) is 0 Å². The van der Waals surface area contributed by atoms with Gasteiger partial charge in [0.25, 0.3) is 0 Å². The van der Waals surface area contributed by atoms with Gasteiger partial charge >= 0.3 is 19.8 Å². The van der Waals surface area contributed by atoms with E-state index < -0.39 is 26.5 Å². The second-order valence-corrected chi connectivity index (χ2v) is 28.4. The third kappa shape index (κ3) is 81.6. The highest BCUT2D eigenvalue weighted by molar-refractivity contribution is 7.47. The molecular weight excluding hydrogens is 1250 g/mol. The Hall–Kier alpha value is -5.41. The monoisotopic (exact) mass is 1400 g/mol. The van der Waals surface area contributed by atoms with Gasteiger partial charge in [-0.05, 0) is 148 Å². The molecule has 0 spiro atoms. The van der Waals surface area contributed by atoms with Crippen molar-refractivity contribution in [3.05, 3.63) is 207 Å². The van der Waals surface area contributed by atoms with Crippen molar-refractivity contribution >= 4 is 19.8 Å². The summed E-state index contributed by atoms with van der Waals surface area (Å²) in [7, 11) is 1.44. The summed E-state index contributed by atoms with van der Waals surface area (Å²) in [6, 6.07) is 0. The second kappa shape index (κ2) is 77.7. The maximum absolute atomic E-state index is 12.9. The SMILES string of the molecule is CC/C=C\C/C=C\C/C=C\C/C=C\C/C=C\C/C=C\C/C=C\C/C=C\C/C=C\C/C=C\CCCCCCC(=O)OC(COC(=O)CCCCCCCCCCCCCCCCCCCCC/C=C\C/C=C\C/C=C\C/C=C\C/C=C\C/C=C\C/C=C\CC)COP(=O)(O)OCC[N+](C)(C)C. The third-order valence-corrected chi connectivity index (χ3v) is 17.3. The molecule has 0 rings (SSSR count). The molecule has 564 valence electrons. The number of hydrogen-bond acceptors (Lipinski definition) is 7. The Kier molecular flexibility index (Phi) is 73.5. The number of rotatable bonds is 71. The molecule has 0 bridgehead atoms. The number of unbranched alkanes of at least 4 members (excludes halogenated alkanes) is 23. The number of likely N-dealkylation sites (N-methyl/N-ethyl adjacent to an activating group) is 1. The van der Waals surface area contributed by atoms with Crippen LogP contribution in [0.25, 0.3) is 0 Å². The van der Waals surface area contributed by atoms with Gasteiger partial charge in [-0.15, -0.1) is 0 Å². The fourth-order valence-corrected chi connectivity index (χ4v) is 11.1. The fraction of sp³-hybridized carbons (Fsp3) is 0.600. The lowest BCUT2D eigenvalue weighted by Crippen LogP contribution is -2.37. The van der Waals surface area contributed by atoms with Crippen LogP contribution in [0.15, 0.2) is 207 Å². The summed E-state index contributed by atoms with van der Waals surface area (Å²) >= 11 is 0. The van der Waals surface area contributed by atoms with Crippen molar-refractivity contribution in [2.75, 3.05) is 47.5 Å². The molecule has 2 unspecified atom stereocenters. The summed E-state index contributed by atoms with van der Waals surface area (Å²) in [6.07, 6.45) is 122. The molecule has 1 N–H and O–H groups in total. The van der Waals surface area contributed by atoms with Gasteiger partial charge in [-0.25, -0.2) is 4.57 Å². The second-order valence-electron chi connectivity index (χ2n) is 27.0. The summed E-state index contributed by atoms with van der Waals surface area (Å²) < 4.78 is 34.8. The van der Waals surface area contributed by atoms with E-state index in [1.54, 1.807) is 0 Å². The standard InChI is InChI=1S/C90H146NO8P/c1-6-8-10-12-14-16-18-20-22-24-26-28-30-32-34-36-38-40-42-43-44-45-46-47-49-50-52-54-56-58-60-62-64-66-68-70-72-74-76-78-80-82-89(92)96-86-88(87-98-100(94,95)97-85-84-91(3,4)5)99-90(93)83-81-79-77-75-73-71-69-67-65-63-61-59-57-55-53-51-48-41-39-37-35-33-31-29-27-25-23-21-19-17-15-13-11-9-7-2/h8-11,14-17,20-23,26-29,32-35,38-41,43-44,51,53,57,59,63,65,69,71,88H,6-7,12-13,18-19,24-25,30-31,36-37,42,45-50,52,54-56,58,60-62,64,66-68,70,72-87H2,1-5H3/p+1/b10-8-,11-9-,16-14-,17-15-,22-20-,23-21-,28-26-,29-27-,34-32-,35-33-,40-38-,41-39-,44-43-,53-51-,59-57-,65-63-,71-69-. The quantitative estimate of drug-likeness (QED) is 0.0211. The molecule has 0 saturated heterocycles. The zero-order valence-electron chi connectivity index (χ0n) is 64.3. The van der Waals surface area contributed by atoms with E-state index in [1.807, 2.05) is 21.1 Å². The molecule has 10 heteroatoms. The van der Waals surface area contributed by atoms with E-state index in [-0.39, 0.29) is 32.0 Å². The summed E-state index contributed by atoms with van der Waals surface area (Å²) in [6.45, 7) is 4.17. The van der Waals surface area contributed by atoms with Crippen LogP contribution in [0.2, 0.25) is 0 Å². The molecule has 0 aromatic heterocycles. The van der Waals surface area contributed by atoms with E-state index >= 15 is 0 Å². The van der Waals surface area contributed by atoms with Crippen molar-refractivity contribution in [3.63, 3.8) is 0 Å². The Morgan fingerprint density at radius 3 is 0.800 bits per heavy atom. The first kappa shape index (κ1) is 94.6.